The van der Waals surface area contributed by atoms with Crippen molar-refractivity contribution in [2.24, 2.45) is 0 Å². The summed E-state index contributed by atoms with van der Waals surface area (Å²) in [5.74, 6) is 0.633. The lowest BCUT2D eigenvalue weighted by Crippen LogP contribution is -2.26. The molecule has 1 aromatic heterocycles. The van der Waals surface area contributed by atoms with Crippen molar-refractivity contribution in [3.05, 3.63) is 60.0 Å². The highest BCUT2D eigenvalue weighted by molar-refractivity contribution is 5.74. The summed E-state index contributed by atoms with van der Waals surface area (Å²) in [5, 5.41) is 12.0. The first kappa shape index (κ1) is 14.9. The summed E-state index contributed by atoms with van der Waals surface area (Å²) in [6.07, 6.45) is -0.0433. The van der Waals surface area contributed by atoms with Gasteiger partial charge in [-0.15, -0.1) is 0 Å². The zero-order valence-electron chi connectivity index (χ0n) is 12.4. The Morgan fingerprint density at radius 1 is 1.22 bits per heavy atom. The second kappa shape index (κ2) is 6.83. The SMILES string of the molecule is O=C(NCCc1nc2cc(O)ccc2o1)OCc1ccccc1. The monoisotopic (exact) mass is 312 g/mol. The standard InChI is InChI=1S/C17H16N2O4/c20-13-6-7-15-14(10-13)19-16(23-15)8-9-18-17(21)22-11-12-4-2-1-3-5-12/h1-7,10,20H,8-9,11H2,(H,18,21). The van der Waals surface area contributed by atoms with Gasteiger partial charge >= 0.3 is 6.09 Å². The number of rotatable bonds is 5. The Morgan fingerprint density at radius 2 is 2.04 bits per heavy atom. The van der Waals surface area contributed by atoms with E-state index in [9.17, 15) is 9.90 Å². The highest BCUT2D eigenvalue weighted by Crippen LogP contribution is 2.20. The summed E-state index contributed by atoms with van der Waals surface area (Å²) >= 11 is 0. The van der Waals surface area contributed by atoms with Crippen LogP contribution in [0.15, 0.2) is 52.9 Å². The Hall–Kier alpha value is -3.02. The molecule has 6 heteroatoms. The Kier molecular flexibility index (Phi) is 4.42. The van der Waals surface area contributed by atoms with Crippen LogP contribution in [0.25, 0.3) is 11.1 Å². The highest BCUT2D eigenvalue weighted by Gasteiger charge is 2.08. The molecule has 6 nitrogen and oxygen atoms in total. The molecule has 0 aliphatic heterocycles. The van der Waals surface area contributed by atoms with Crippen molar-refractivity contribution in [1.29, 1.82) is 0 Å². The summed E-state index contributed by atoms with van der Waals surface area (Å²) in [6.45, 7) is 0.585. The molecule has 0 unspecified atom stereocenters. The third-order valence-electron chi connectivity index (χ3n) is 3.24. The number of benzene rings is 2. The van der Waals surface area contributed by atoms with E-state index in [4.69, 9.17) is 9.15 Å². The maximum Gasteiger partial charge on any atom is 0.407 e. The van der Waals surface area contributed by atoms with E-state index in [1.807, 2.05) is 30.3 Å². The molecule has 2 aromatic carbocycles. The van der Waals surface area contributed by atoms with Crippen molar-refractivity contribution in [3.63, 3.8) is 0 Å². The molecule has 23 heavy (non-hydrogen) atoms. The van der Waals surface area contributed by atoms with Gasteiger partial charge in [0, 0.05) is 19.0 Å². The van der Waals surface area contributed by atoms with Crippen LogP contribution in [0.2, 0.25) is 0 Å². The van der Waals surface area contributed by atoms with Gasteiger partial charge < -0.3 is 19.6 Å². The number of phenolic OH excluding ortho intramolecular Hbond substituents is 1. The van der Waals surface area contributed by atoms with Gasteiger partial charge in [-0.2, -0.15) is 0 Å². The van der Waals surface area contributed by atoms with Gasteiger partial charge in [-0.1, -0.05) is 30.3 Å². The Bertz CT molecular complexity index is 799. The average molecular weight is 312 g/mol. The summed E-state index contributed by atoms with van der Waals surface area (Å²) < 4.78 is 10.6. The maximum atomic E-state index is 11.6. The van der Waals surface area contributed by atoms with Crippen molar-refractivity contribution in [2.75, 3.05) is 6.54 Å². The van der Waals surface area contributed by atoms with Crippen molar-refractivity contribution in [2.45, 2.75) is 13.0 Å². The summed E-state index contributed by atoms with van der Waals surface area (Å²) in [6, 6.07) is 14.2. The number of nitrogens with zero attached hydrogens (tertiary/aromatic N) is 1. The van der Waals surface area contributed by atoms with Crippen LogP contribution in [0.1, 0.15) is 11.5 Å². The highest BCUT2D eigenvalue weighted by atomic mass is 16.5. The predicted octanol–water partition coefficient (Wildman–Crippen LogP) is 3.00. The van der Waals surface area contributed by atoms with Gasteiger partial charge in [-0.05, 0) is 17.7 Å². The smallest absolute Gasteiger partial charge is 0.407 e. The fraction of sp³-hybridized carbons (Fsp3) is 0.176. The third-order valence-corrected chi connectivity index (χ3v) is 3.24. The molecule has 1 heterocycles. The molecule has 3 rings (SSSR count). The molecule has 2 N–H and O–H groups in total. The Balaban J connectivity index is 1.45. The van der Waals surface area contributed by atoms with Crippen LogP contribution in [0.3, 0.4) is 0 Å². The number of aromatic hydroxyl groups is 1. The zero-order valence-corrected chi connectivity index (χ0v) is 12.4. The number of hydrogen-bond donors (Lipinski definition) is 2. The van der Waals surface area contributed by atoms with Gasteiger partial charge in [-0.3, -0.25) is 0 Å². The zero-order chi connectivity index (χ0) is 16.1. The van der Waals surface area contributed by atoms with Crippen molar-refractivity contribution in [1.82, 2.24) is 10.3 Å². The lowest BCUT2D eigenvalue weighted by atomic mass is 10.2. The molecular weight excluding hydrogens is 296 g/mol. The number of carbonyl (C=O) groups excluding carboxylic acids is 1. The average Bonchev–Trinajstić information content (AvgIpc) is 2.95. The number of alkyl carbamates (subject to hydrolysis) is 1. The lowest BCUT2D eigenvalue weighted by Gasteiger charge is -2.05. The fourth-order valence-electron chi connectivity index (χ4n) is 2.12. The molecule has 118 valence electrons. The lowest BCUT2D eigenvalue weighted by molar-refractivity contribution is 0.139. The van der Waals surface area contributed by atoms with E-state index in [1.54, 1.807) is 6.07 Å². The van der Waals surface area contributed by atoms with E-state index >= 15 is 0 Å². The fourth-order valence-corrected chi connectivity index (χ4v) is 2.12. The van der Waals surface area contributed by atoms with Crippen molar-refractivity contribution in [3.8, 4) is 5.75 Å². The minimum absolute atomic E-state index is 0.139. The molecule has 0 saturated carbocycles. The maximum absolute atomic E-state index is 11.6. The van der Waals surface area contributed by atoms with Crippen LogP contribution in [-0.4, -0.2) is 22.7 Å². The summed E-state index contributed by atoms with van der Waals surface area (Å²) in [7, 11) is 0. The molecule has 0 atom stereocenters. The quantitative estimate of drug-likeness (QED) is 0.756. The number of hydrogen-bond acceptors (Lipinski definition) is 5. The van der Waals surface area contributed by atoms with E-state index in [-0.39, 0.29) is 12.4 Å². The first-order chi connectivity index (χ1) is 11.2. The Morgan fingerprint density at radius 3 is 2.87 bits per heavy atom. The van der Waals surface area contributed by atoms with Gasteiger partial charge in [0.15, 0.2) is 11.5 Å². The van der Waals surface area contributed by atoms with Crippen molar-refractivity contribution < 1.29 is 19.1 Å². The van der Waals surface area contributed by atoms with Crippen LogP contribution in [0.4, 0.5) is 4.79 Å². The van der Waals surface area contributed by atoms with E-state index in [0.717, 1.165) is 5.56 Å². The van der Waals surface area contributed by atoms with Crippen LogP contribution in [-0.2, 0) is 17.8 Å². The molecule has 0 bridgehead atoms. The molecule has 0 fully saturated rings. The number of fused-ring (bicyclic) bond motifs is 1. The number of aromatic nitrogens is 1. The van der Waals surface area contributed by atoms with Gasteiger partial charge in [0.25, 0.3) is 0 Å². The summed E-state index contributed by atoms with van der Waals surface area (Å²) in [4.78, 5) is 15.9. The third kappa shape index (κ3) is 4.00. The van der Waals surface area contributed by atoms with Crippen molar-refractivity contribution >= 4 is 17.2 Å². The second-order valence-electron chi connectivity index (χ2n) is 5.00. The number of carbonyl (C=O) groups is 1. The molecule has 0 spiro atoms. The second-order valence-corrected chi connectivity index (χ2v) is 5.00. The number of ether oxygens (including phenoxy) is 1. The van der Waals surface area contributed by atoms with Gasteiger partial charge in [0.2, 0.25) is 0 Å². The van der Waals surface area contributed by atoms with Crippen LogP contribution in [0.5, 0.6) is 5.75 Å². The van der Waals surface area contributed by atoms with E-state index < -0.39 is 6.09 Å². The molecule has 3 aromatic rings. The van der Waals surface area contributed by atoms with Gasteiger partial charge in [0.05, 0.1) is 0 Å². The Labute approximate surface area is 132 Å². The summed E-state index contributed by atoms with van der Waals surface area (Å²) in [5.41, 5.74) is 2.12. The van der Waals surface area contributed by atoms with Crippen LogP contribution >= 0.6 is 0 Å². The van der Waals surface area contributed by atoms with Gasteiger partial charge in [0.1, 0.15) is 17.9 Å². The molecule has 0 aliphatic carbocycles. The predicted molar refractivity (Wildman–Crippen MR) is 84.0 cm³/mol. The largest absolute Gasteiger partial charge is 0.508 e. The number of nitrogens with one attached hydrogen (secondary N) is 1. The minimum Gasteiger partial charge on any atom is -0.508 e. The number of oxazole rings is 1. The van der Waals surface area contributed by atoms with Gasteiger partial charge in [-0.25, -0.2) is 9.78 Å². The van der Waals surface area contributed by atoms with E-state index in [2.05, 4.69) is 10.3 Å². The van der Waals surface area contributed by atoms with E-state index in [1.165, 1.54) is 12.1 Å². The first-order valence-corrected chi connectivity index (χ1v) is 7.24. The molecular formula is C17H16N2O4. The van der Waals surface area contributed by atoms with Crippen LogP contribution < -0.4 is 5.32 Å². The topological polar surface area (TPSA) is 84.6 Å². The number of phenols is 1. The van der Waals surface area contributed by atoms with E-state index in [0.29, 0.717) is 30.0 Å². The molecule has 1 amide bonds. The number of amides is 1. The molecule has 0 saturated heterocycles. The van der Waals surface area contributed by atoms with Crippen LogP contribution in [0, 0.1) is 0 Å². The minimum atomic E-state index is -0.484. The normalized spacial score (nSPS) is 10.6. The first-order valence-electron chi connectivity index (χ1n) is 7.24. The molecule has 0 aliphatic rings. The molecule has 0 radical (unpaired) electrons.